The number of halogens is 3. The number of benzene rings is 2. The zero-order valence-electron chi connectivity index (χ0n) is 25.1. The van der Waals surface area contributed by atoms with E-state index in [0.29, 0.717) is 40.6 Å². The summed E-state index contributed by atoms with van der Waals surface area (Å²) < 4.78 is 50.5. The molecule has 2 N–H and O–H groups in total. The monoisotopic (exact) mass is 530 g/mol. The maximum Gasteiger partial charge on any atom is 0.157 e. The number of ketones is 1. The van der Waals surface area contributed by atoms with Gasteiger partial charge in [0.05, 0.1) is 7.11 Å². The Kier molecular flexibility index (Phi) is 7.85. The number of carbonyl (C=O) groups is 1. The molecule has 0 radical (unpaired) electrons. The minimum Gasteiger partial charge on any atom is -0.499 e. The first-order valence-corrected chi connectivity index (χ1v) is 11.9. The van der Waals surface area contributed by atoms with Crippen LogP contribution in [0.2, 0.25) is 10.0 Å². The molecule has 1 saturated carbocycles. The second kappa shape index (κ2) is 12.9. The maximum absolute atomic E-state index is 12.4. The largest absolute Gasteiger partial charge is 0.499 e. The van der Waals surface area contributed by atoms with Crippen molar-refractivity contribution in [1.29, 1.82) is 0 Å². The van der Waals surface area contributed by atoms with Gasteiger partial charge in [0, 0.05) is 24.7 Å². The van der Waals surface area contributed by atoms with Gasteiger partial charge >= 0.3 is 0 Å². The van der Waals surface area contributed by atoms with Crippen LogP contribution in [0.1, 0.15) is 64.3 Å². The number of likely N-dealkylation sites (N-methyl/N-ethyl adjacent to an activating group) is 2. The highest BCUT2D eigenvalue weighted by molar-refractivity contribution is 6.32. The quantitative estimate of drug-likeness (QED) is 0.446. The SMILES string of the molecule is Cl.[2H]C([2H])([2H])N[C@]1(c2ccccc2Cl)CCCC=C1OC.[2H]C([2H])([2H])N[C@]1(c2ccccc2Cl)CCCCC1=O. The van der Waals surface area contributed by atoms with Crippen LogP contribution in [-0.4, -0.2) is 26.8 Å². The summed E-state index contributed by atoms with van der Waals surface area (Å²) in [6.07, 6.45) is 6.77. The molecule has 4 rings (SSSR count). The van der Waals surface area contributed by atoms with Gasteiger partial charge in [0.25, 0.3) is 0 Å². The fourth-order valence-corrected chi connectivity index (χ4v) is 5.34. The Balaban J connectivity index is 0.000000274. The molecule has 186 valence electrons. The average molecular weight is 532 g/mol. The van der Waals surface area contributed by atoms with Gasteiger partial charge in [-0.3, -0.25) is 4.79 Å². The molecule has 1 fully saturated rings. The lowest BCUT2D eigenvalue weighted by atomic mass is 9.75. The van der Waals surface area contributed by atoms with Gasteiger partial charge < -0.3 is 15.4 Å². The Morgan fingerprint density at radius 3 is 2.00 bits per heavy atom. The van der Waals surface area contributed by atoms with Crippen molar-refractivity contribution in [2.45, 2.75) is 56.0 Å². The highest BCUT2D eigenvalue weighted by Gasteiger charge is 2.41. The van der Waals surface area contributed by atoms with E-state index in [1.165, 1.54) is 0 Å². The normalized spacial score (nSPS) is 27.6. The van der Waals surface area contributed by atoms with E-state index < -0.39 is 25.0 Å². The molecule has 0 spiro atoms. The molecule has 2 aliphatic carbocycles. The third-order valence-corrected chi connectivity index (χ3v) is 7.16. The van der Waals surface area contributed by atoms with Crippen molar-refractivity contribution in [2.24, 2.45) is 0 Å². The summed E-state index contributed by atoms with van der Waals surface area (Å²) in [5.74, 6) is 0.524. The van der Waals surface area contributed by atoms with E-state index in [4.69, 9.17) is 36.2 Å². The predicted molar refractivity (Wildman–Crippen MR) is 144 cm³/mol. The summed E-state index contributed by atoms with van der Waals surface area (Å²) in [6, 6.07) is 14.2. The molecule has 2 atom stereocenters. The van der Waals surface area contributed by atoms with Crippen molar-refractivity contribution >= 4 is 41.4 Å². The van der Waals surface area contributed by atoms with Crippen molar-refractivity contribution in [1.82, 2.24) is 10.6 Å². The fourth-order valence-electron chi connectivity index (χ4n) is 4.74. The van der Waals surface area contributed by atoms with Crippen molar-refractivity contribution in [3.05, 3.63) is 81.5 Å². The van der Waals surface area contributed by atoms with Crippen LogP contribution < -0.4 is 10.6 Å². The second-order valence-electron chi connectivity index (χ2n) is 8.32. The standard InChI is InChI=1S/C14H18ClNO.C13H16ClNO.ClH/c1-16-14(10-6-5-9-13(14)17-2)11-7-3-4-8-12(11)15;1-15-13(9-5-4-8-12(13)16)10-6-2-3-7-11(10)14;/h3-4,7-9,16H,5-6,10H2,1-2H3;2-3,6-7,15H,4-5,8-9H2,1H3;1H/t14-;13-;/m00./s1/i2*1D3;. The molecule has 0 amide bonds. The average Bonchev–Trinajstić information content (AvgIpc) is 2.85. The number of carbonyl (C=O) groups excluding carboxylic acids is 1. The molecule has 2 aliphatic rings. The maximum atomic E-state index is 12.4. The molecule has 0 saturated heterocycles. The molecule has 0 aliphatic heterocycles. The van der Waals surface area contributed by atoms with Crippen molar-refractivity contribution < 1.29 is 17.8 Å². The lowest BCUT2D eigenvalue weighted by Gasteiger charge is -2.38. The van der Waals surface area contributed by atoms with Crippen molar-refractivity contribution in [3.8, 4) is 0 Å². The lowest BCUT2D eigenvalue weighted by molar-refractivity contribution is -0.127. The van der Waals surface area contributed by atoms with Crippen LogP contribution in [0.3, 0.4) is 0 Å². The molecule has 0 bridgehead atoms. The topological polar surface area (TPSA) is 50.4 Å². The first kappa shape index (κ1) is 20.6. The number of rotatable bonds is 5. The molecule has 0 unspecified atom stereocenters. The number of allylic oxidation sites excluding steroid dienone is 1. The van der Waals surface area contributed by atoms with E-state index in [1.54, 1.807) is 37.4 Å². The molecular formula is C27H35Cl3N2O2. The van der Waals surface area contributed by atoms with Gasteiger partial charge in [-0.1, -0.05) is 66.0 Å². The van der Waals surface area contributed by atoms with E-state index in [9.17, 15) is 4.79 Å². The summed E-state index contributed by atoms with van der Waals surface area (Å²) in [5, 5.41) is 6.26. The number of methoxy groups -OCH3 is 1. The van der Waals surface area contributed by atoms with Crippen molar-refractivity contribution in [2.75, 3.05) is 21.1 Å². The van der Waals surface area contributed by atoms with E-state index in [0.717, 1.165) is 31.2 Å². The summed E-state index contributed by atoms with van der Waals surface area (Å²) in [4.78, 5) is 12.4. The van der Waals surface area contributed by atoms with Crippen molar-refractivity contribution in [3.63, 3.8) is 0 Å². The fraction of sp³-hybridized carbons (Fsp3) is 0.444. The molecule has 2 aromatic carbocycles. The Bertz CT molecular complexity index is 1190. The minimum atomic E-state index is -2.38. The van der Waals surface area contributed by atoms with E-state index >= 15 is 0 Å². The summed E-state index contributed by atoms with van der Waals surface area (Å²) in [6.45, 7) is -4.67. The van der Waals surface area contributed by atoms with Gasteiger partial charge in [0.15, 0.2) is 5.78 Å². The van der Waals surface area contributed by atoms with Crippen LogP contribution >= 0.6 is 35.6 Å². The van der Waals surface area contributed by atoms with Gasteiger partial charge in [-0.05, 0) is 75.4 Å². The zero-order valence-corrected chi connectivity index (χ0v) is 21.5. The number of hydrogen-bond acceptors (Lipinski definition) is 4. The van der Waals surface area contributed by atoms with Gasteiger partial charge in [-0.15, -0.1) is 12.4 Å². The number of Topliss-reactive ketones (excluding diaryl/α,β-unsaturated/α-hetero) is 1. The third kappa shape index (κ3) is 5.63. The van der Waals surface area contributed by atoms with E-state index in [-0.39, 0.29) is 18.2 Å². The molecular weight excluding hydrogens is 491 g/mol. The van der Waals surface area contributed by atoms with Crippen LogP contribution in [0.4, 0.5) is 0 Å². The highest BCUT2D eigenvalue weighted by atomic mass is 35.5. The van der Waals surface area contributed by atoms with Crippen LogP contribution in [0.25, 0.3) is 0 Å². The highest BCUT2D eigenvalue weighted by Crippen LogP contribution is 2.41. The van der Waals surface area contributed by atoms with Gasteiger partial charge in [0.1, 0.15) is 16.8 Å². The first-order chi connectivity index (χ1) is 18.2. The smallest absolute Gasteiger partial charge is 0.157 e. The second-order valence-corrected chi connectivity index (χ2v) is 9.13. The van der Waals surface area contributed by atoms with E-state index in [1.807, 2.05) is 24.3 Å². The minimum absolute atomic E-state index is 0. The van der Waals surface area contributed by atoms with Gasteiger partial charge in [0.2, 0.25) is 0 Å². The third-order valence-electron chi connectivity index (χ3n) is 6.50. The number of ether oxygens (including phenoxy) is 1. The number of hydrogen-bond donors (Lipinski definition) is 2. The summed E-state index contributed by atoms with van der Waals surface area (Å²) in [5.41, 5.74) is -0.763. The molecule has 7 heteroatoms. The van der Waals surface area contributed by atoms with Crippen LogP contribution in [-0.2, 0) is 20.6 Å². The predicted octanol–water partition coefficient (Wildman–Crippen LogP) is 6.79. The molecule has 0 aromatic heterocycles. The summed E-state index contributed by atoms with van der Waals surface area (Å²) >= 11 is 12.5. The Morgan fingerprint density at radius 1 is 0.882 bits per heavy atom. The molecule has 34 heavy (non-hydrogen) atoms. The Labute approximate surface area is 228 Å². The summed E-state index contributed by atoms with van der Waals surface area (Å²) in [7, 11) is 1.56. The lowest BCUT2D eigenvalue weighted by Crippen LogP contribution is -2.49. The molecule has 4 nitrogen and oxygen atoms in total. The van der Waals surface area contributed by atoms with E-state index in [2.05, 4.69) is 10.6 Å². The van der Waals surface area contributed by atoms with Gasteiger partial charge in [-0.25, -0.2) is 0 Å². The number of nitrogens with one attached hydrogen (secondary N) is 2. The Morgan fingerprint density at radius 2 is 1.44 bits per heavy atom. The van der Waals surface area contributed by atoms with Crippen LogP contribution in [0.5, 0.6) is 0 Å². The van der Waals surface area contributed by atoms with Gasteiger partial charge in [-0.2, -0.15) is 0 Å². The first-order valence-electron chi connectivity index (χ1n) is 14.1. The molecule has 0 heterocycles. The van der Waals surface area contributed by atoms with Crippen LogP contribution in [0.15, 0.2) is 60.4 Å². The van der Waals surface area contributed by atoms with Crippen LogP contribution in [0, 0.1) is 0 Å². The Hall–Kier alpha value is -1.56. The molecule has 2 aromatic rings. The zero-order chi connectivity index (χ0) is 28.9.